The molecular weight excluding hydrogens is 256 g/mol. The van der Waals surface area contributed by atoms with Crippen molar-refractivity contribution in [1.29, 1.82) is 0 Å². The number of aliphatic carboxylic acids is 1. The molecule has 0 saturated carbocycles. The fourth-order valence-electron chi connectivity index (χ4n) is 2.20. The lowest BCUT2D eigenvalue weighted by Gasteiger charge is -2.25. The molecule has 0 bridgehead atoms. The Balaban J connectivity index is 2.26. The largest absolute Gasteiger partial charge is 0.481 e. The normalized spacial score (nSPS) is 23.6. The van der Waals surface area contributed by atoms with Gasteiger partial charge in [0.15, 0.2) is 0 Å². The van der Waals surface area contributed by atoms with Gasteiger partial charge in [-0.25, -0.2) is 4.98 Å². The first-order valence-electron chi connectivity index (χ1n) is 5.54. The molecule has 1 amide bonds. The molecule has 2 rings (SSSR count). The Morgan fingerprint density at radius 1 is 1.72 bits per heavy atom. The third kappa shape index (κ3) is 2.37. The predicted molar refractivity (Wildman–Crippen MR) is 64.2 cm³/mol. The van der Waals surface area contributed by atoms with Crippen LogP contribution < -0.4 is 0 Å². The Kier molecular flexibility index (Phi) is 3.93. The molecule has 7 heteroatoms. The molecule has 1 aromatic heterocycles. The number of thiazole rings is 1. The summed E-state index contributed by atoms with van der Waals surface area (Å²) in [5.74, 6) is -1.84. The minimum atomic E-state index is -0.957. The van der Waals surface area contributed by atoms with E-state index in [1.54, 1.807) is 22.9 Å². The van der Waals surface area contributed by atoms with Crippen molar-refractivity contribution in [1.82, 2.24) is 9.88 Å². The molecule has 1 N–H and O–H groups in total. The molecule has 0 spiro atoms. The molecule has 1 aliphatic heterocycles. The van der Waals surface area contributed by atoms with E-state index in [1.807, 2.05) is 0 Å². The van der Waals surface area contributed by atoms with Gasteiger partial charge in [-0.15, -0.1) is 11.3 Å². The highest BCUT2D eigenvalue weighted by molar-refractivity contribution is 7.07. The van der Waals surface area contributed by atoms with Crippen molar-refractivity contribution in [2.75, 3.05) is 20.3 Å². The maximum atomic E-state index is 11.9. The molecule has 1 fully saturated rings. The average Bonchev–Trinajstić information content (AvgIpc) is 2.93. The van der Waals surface area contributed by atoms with E-state index in [2.05, 4.69) is 4.98 Å². The zero-order valence-electron chi connectivity index (χ0n) is 9.91. The predicted octanol–water partition coefficient (Wildman–Crippen LogP) is 0.764. The number of likely N-dealkylation sites (tertiary alicyclic amines) is 1. The number of nitrogens with zero attached hydrogens (tertiary/aromatic N) is 2. The van der Waals surface area contributed by atoms with E-state index in [0.717, 1.165) is 0 Å². The molecule has 1 aliphatic rings. The van der Waals surface area contributed by atoms with Gasteiger partial charge in [0, 0.05) is 25.5 Å². The van der Waals surface area contributed by atoms with Crippen molar-refractivity contribution in [2.45, 2.75) is 12.5 Å². The molecule has 0 radical (unpaired) electrons. The van der Waals surface area contributed by atoms with Gasteiger partial charge in [0.25, 0.3) is 0 Å². The Labute approximate surface area is 108 Å². The van der Waals surface area contributed by atoms with Gasteiger partial charge in [-0.2, -0.15) is 0 Å². The van der Waals surface area contributed by atoms with E-state index in [-0.39, 0.29) is 12.3 Å². The summed E-state index contributed by atoms with van der Waals surface area (Å²) in [6, 6.07) is -0.476. The summed E-state index contributed by atoms with van der Waals surface area (Å²) < 4.78 is 4.95. The highest BCUT2D eigenvalue weighted by atomic mass is 32.1. The molecule has 2 heterocycles. The minimum absolute atomic E-state index is 0.0290. The zero-order valence-corrected chi connectivity index (χ0v) is 10.7. The van der Waals surface area contributed by atoms with E-state index >= 15 is 0 Å². The van der Waals surface area contributed by atoms with Crippen LogP contribution in [0.25, 0.3) is 0 Å². The van der Waals surface area contributed by atoms with Gasteiger partial charge in [0.05, 0.1) is 29.8 Å². The standard InChI is InChI=1S/C11H14N2O4S/c1-17-3-2-13-9(14)4-7(11(15)16)10(13)8-5-18-6-12-8/h5-7,10H,2-4H2,1H3,(H,15,16). The Hall–Kier alpha value is -1.47. The number of ether oxygens (including phenoxy) is 1. The van der Waals surface area contributed by atoms with Crippen LogP contribution in [0.5, 0.6) is 0 Å². The van der Waals surface area contributed by atoms with Crippen molar-refractivity contribution in [2.24, 2.45) is 5.92 Å². The van der Waals surface area contributed by atoms with Crippen molar-refractivity contribution >= 4 is 23.2 Å². The van der Waals surface area contributed by atoms with Gasteiger partial charge < -0.3 is 14.7 Å². The summed E-state index contributed by atoms with van der Waals surface area (Å²) in [4.78, 5) is 28.8. The number of carbonyl (C=O) groups excluding carboxylic acids is 1. The number of amides is 1. The van der Waals surface area contributed by atoms with Gasteiger partial charge >= 0.3 is 5.97 Å². The molecular formula is C11H14N2O4S. The van der Waals surface area contributed by atoms with E-state index in [0.29, 0.717) is 18.8 Å². The summed E-state index contributed by atoms with van der Waals surface area (Å²) in [7, 11) is 1.55. The maximum Gasteiger partial charge on any atom is 0.309 e. The number of methoxy groups -OCH3 is 1. The molecule has 1 aromatic rings. The van der Waals surface area contributed by atoms with Crippen molar-refractivity contribution in [3.05, 3.63) is 16.6 Å². The number of carbonyl (C=O) groups is 2. The van der Waals surface area contributed by atoms with Crippen molar-refractivity contribution in [3.63, 3.8) is 0 Å². The van der Waals surface area contributed by atoms with Crippen LogP contribution >= 0.6 is 11.3 Å². The number of carboxylic acids is 1. The molecule has 0 aliphatic carbocycles. The van der Waals surface area contributed by atoms with Gasteiger partial charge in [-0.05, 0) is 0 Å². The Morgan fingerprint density at radius 2 is 2.50 bits per heavy atom. The summed E-state index contributed by atoms with van der Waals surface area (Å²) in [6.07, 6.45) is 0.0290. The van der Waals surface area contributed by atoms with Crippen LogP contribution in [0.2, 0.25) is 0 Å². The summed E-state index contributed by atoms with van der Waals surface area (Å²) in [6.45, 7) is 0.778. The second-order valence-electron chi connectivity index (χ2n) is 4.09. The SMILES string of the molecule is COCCN1C(=O)CC(C(=O)O)C1c1cscn1. The third-order valence-corrected chi connectivity index (χ3v) is 3.64. The molecule has 18 heavy (non-hydrogen) atoms. The first kappa shape index (κ1) is 13.0. The fraction of sp³-hybridized carbons (Fsp3) is 0.545. The lowest BCUT2D eigenvalue weighted by atomic mass is 9.98. The lowest BCUT2D eigenvalue weighted by molar-refractivity contribution is -0.142. The summed E-state index contributed by atoms with van der Waals surface area (Å²) in [5.41, 5.74) is 2.29. The minimum Gasteiger partial charge on any atom is -0.481 e. The van der Waals surface area contributed by atoms with Gasteiger partial charge in [0.2, 0.25) is 5.91 Å². The van der Waals surface area contributed by atoms with E-state index < -0.39 is 17.9 Å². The van der Waals surface area contributed by atoms with E-state index in [1.165, 1.54) is 11.3 Å². The molecule has 2 atom stereocenters. The first-order valence-corrected chi connectivity index (χ1v) is 6.48. The number of aromatic nitrogens is 1. The summed E-state index contributed by atoms with van der Waals surface area (Å²) in [5, 5.41) is 11.0. The van der Waals surface area contributed by atoms with Crippen molar-refractivity contribution in [3.8, 4) is 0 Å². The topological polar surface area (TPSA) is 79.7 Å². The fourth-order valence-corrected chi connectivity index (χ4v) is 2.78. The first-order chi connectivity index (χ1) is 8.65. The smallest absolute Gasteiger partial charge is 0.309 e. The monoisotopic (exact) mass is 270 g/mol. The van der Waals surface area contributed by atoms with Crippen LogP contribution in [0.3, 0.4) is 0 Å². The third-order valence-electron chi connectivity index (χ3n) is 3.04. The van der Waals surface area contributed by atoms with E-state index in [4.69, 9.17) is 4.74 Å². The van der Waals surface area contributed by atoms with Crippen LogP contribution in [0.15, 0.2) is 10.9 Å². The van der Waals surface area contributed by atoms with Crippen molar-refractivity contribution < 1.29 is 19.4 Å². The van der Waals surface area contributed by atoms with E-state index in [9.17, 15) is 14.7 Å². The quantitative estimate of drug-likeness (QED) is 0.854. The molecule has 2 unspecified atom stereocenters. The molecule has 6 nitrogen and oxygen atoms in total. The van der Waals surface area contributed by atoms with Gasteiger partial charge in [-0.1, -0.05) is 0 Å². The van der Waals surface area contributed by atoms with Crippen LogP contribution in [0.1, 0.15) is 18.2 Å². The molecule has 0 aromatic carbocycles. The molecule has 1 saturated heterocycles. The number of carboxylic acid groups (broad SMARTS) is 1. The zero-order chi connectivity index (χ0) is 13.1. The Morgan fingerprint density at radius 3 is 3.06 bits per heavy atom. The van der Waals surface area contributed by atoms with Gasteiger partial charge in [0.1, 0.15) is 0 Å². The summed E-state index contributed by atoms with van der Waals surface area (Å²) >= 11 is 1.39. The number of hydrogen-bond acceptors (Lipinski definition) is 5. The second kappa shape index (κ2) is 5.45. The highest BCUT2D eigenvalue weighted by Crippen LogP contribution is 2.37. The van der Waals surface area contributed by atoms with Crippen LogP contribution in [0.4, 0.5) is 0 Å². The lowest BCUT2D eigenvalue weighted by Crippen LogP contribution is -2.33. The van der Waals surface area contributed by atoms with Gasteiger partial charge in [-0.3, -0.25) is 9.59 Å². The highest BCUT2D eigenvalue weighted by Gasteiger charge is 2.45. The number of rotatable bonds is 5. The molecule has 98 valence electrons. The Bertz CT molecular complexity index is 434. The average molecular weight is 270 g/mol. The van der Waals surface area contributed by atoms with Crippen LogP contribution in [0, 0.1) is 5.92 Å². The van der Waals surface area contributed by atoms with Crippen LogP contribution in [-0.2, 0) is 14.3 Å². The second-order valence-corrected chi connectivity index (χ2v) is 4.81. The van der Waals surface area contributed by atoms with Crippen LogP contribution in [-0.4, -0.2) is 47.1 Å². The maximum absolute atomic E-state index is 11.9. The number of hydrogen-bond donors (Lipinski definition) is 1.